The molecule has 0 aromatic carbocycles. The van der Waals surface area contributed by atoms with E-state index in [1.54, 1.807) is 0 Å². The molecule has 0 radical (unpaired) electrons. The van der Waals surface area contributed by atoms with Crippen LogP contribution >= 0.6 is 0 Å². The average Bonchev–Trinajstić information content (AvgIpc) is 2.33. The van der Waals surface area contributed by atoms with Gasteiger partial charge in [-0.15, -0.1) is 0 Å². The first kappa shape index (κ1) is 21.9. The van der Waals surface area contributed by atoms with Crippen LogP contribution in [0, 0.1) is 11.8 Å². The van der Waals surface area contributed by atoms with E-state index >= 15 is 0 Å². The second kappa shape index (κ2) is 10.6. The summed E-state index contributed by atoms with van der Waals surface area (Å²) in [5.41, 5.74) is 0. The topological polar surface area (TPSA) is 54.4 Å². The van der Waals surface area contributed by atoms with Gasteiger partial charge in [0.05, 0.1) is 32.9 Å². The minimum atomic E-state index is -3.79. The van der Waals surface area contributed by atoms with Gasteiger partial charge in [0.2, 0.25) is 0 Å². The van der Waals surface area contributed by atoms with Crippen molar-refractivity contribution in [1.29, 1.82) is 0 Å². The summed E-state index contributed by atoms with van der Waals surface area (Å²) in [7, 11) is 0.618. The van der Waals surface area contributed by atoms with Gasteiger partial charge in [-0.2, -0.15) is 8.42 Å². The predicted molar refractivity (Wildman–Crippen MR) is 94.6 cm³/mol. The van der Waals surface area contributed by atoms with Crippen molar-refractivity contribution in [2.45, 2.75) is 65.7 Å². The van der Waals surface area contributed by atoms with E-state index in [1.165, 1.54) is 32.1 Å². The summed E-state index contributed by atoms with van der Waals surface area (Å²) in [5.74, 6) is 1.50. The molecular weight excluding hydrogens is 298 g/mol. The van der Waals surface area contributed by atoms with Gasteiger partial charge in [-0.1, -0.05) is 40.0 Å². The highest BCUT2D eigenvalue weighted by atomic mass is 32.2. The molecule has 5 heteroatoms. The van der Waals surface area contributed by atoms with Crippen LogP contribution in [0.4, 0.5) is 0 Å². The Bertz CT molecular complexity index is 377. The standard InChI is InChI=1S/C17H37NO3S/c1-16(2)10-8-11-17(3)12-9-14-18(4,5)13-6-7-15-22(19,20)21/h16-17H,6-15H2,1-5H3/p+1. The van der Waals surface area contributed by atoms with Crippen molar-refractivity contribution in [3.8, 4) is 0 Å². The Kier molecular flexibility index (Phi) is 10.5. The highest BCUT2D eigenvalue weighted by Crippen LogP contribution is 2.17. The average molecular weight is 337 g/mol. The first-order valence-corrected chi connectivity index (χ1v) is 10.4. The van der Waals surface area contributed by atoms with Crippen LogP contribution in [0.2, 0.25) is 0 Å². The zero-order valence-corrected chi connectivity index (χ0v) is 16.2. The molecule has 0 heterocycles. The van der Waals surface area contributed by atoms with E-state index in [0.29, 0.717) is 6.42 Å². The second-order valence-electron chi connectivity index (χ2n) is 7.95. The van der Waals surface area contributed by atoms with Crippen molar-refractivity contribution >= 4 is 10.1 Å². The lowest BCUT2D eigenvalue weighted by atomic mass is 9.96. The van der Waals surface area contributed by atoms with Gasteiger partial charge in [-0.25, -0.2) is 0 Å². The van der Waals surface area contributed by atoms with E-state index in [9.17, 15) is 8.42 Å². The number of hydrogen-bond acceptors (Lipinski definition) is 2. The van der Waals surface area contributed by atoms with Crippen LogP contribution in [0.1, 0.15) is 65.7 Å². The zero-order valence-electron chi connectivity index (χ0n) is 15.3. The molecule has 0 aromatic heterocycles. The zero-order chi connectivity index (χ0) is 17.2. The van der Waals surface area contributed by atoms with Gasteiger partial charge in [0.1, 0.15) is 0 Å². The minimum Gasteiger partial charge on any atom is -0.328 e. The van der Waals surface area contributed by atoms with E-state index in [0.717, 1.165) is 35.8 Å². The van der Waals surface area contributed by atoms with Gasteiger partial charge >= 0.3 is 0 Å². The normalized spacial score (nSPS) is 14.5. The summed E-state index contributed by atoms with van der Waals surface area (Å²) in [6.07, 6.45) is 7.91. The summed E-state index contributed by atoms with van der Waals surface area (Å²) in [4.78, 5) is 0. The summed E-state index contributed by atoms with van der Waals surface area (Å²) < 4.78 is 31.0. The molecule has 1 N–H and O–H groups in total. The Labute approximate surface area is 138 Å². The van der Waals surface area contributed by atoms with Crippen LogP contribution in [0.3, 0.4) is 0 Å². The molecule has 0 rings (SSSR count). The van der Waals surface area contributed by atoms with Crippen molar-refractivity contribution in [1.82, 2.24) is 0 Å². The van der Waals surface area contributed by atoms with Crippen molar-refractivity contribution in [2.75, 3.05) is 32.9 Å². The van der Waals surface area contributed by atoms with Crippen LogP contribution in [-0.2, 0) is 10.1 Å². The maximum Gasteiger partial charge on any atom is 0.264 e. The summed E-state index contributed by atoms with van der Waals surface area (Å²) in [5, 5.41) is 0. The largest absolute Gasteiger partial charge is 0.328 e. The van der Waals surface area contributed by atoms with Crippen molar-refractivity contribution in [3.05, 3.63) is 0 Å². The van der Waals surface area contributed by atoms with Crippen LogP contribution in [-0.4, -0.2) is 50.4 Å². The highest BCUT2D eigenvalue weighted by molar-refractivity contribution is 7.85. The lowest BCUT2D eigenvalue weighted by Crippen LogP contribution is -2.41. The Morgan fingerprint density at radius 3 is 1.95 bits per heavy atom. The number of rotatable bonds is 13. The fourth-order valence-electron chi connectivity index (χ4n) is 2.82. The van der Waals surface area contributed by atoms with E-state index in [4.69, 9.17) is 4.55 Å². The van der Waals surface area contributed by atoms with Gasteiger partial charge in [0.25, 0.3) is 10.1 Å². The van der Waals surface area contributed by atoms with Gasteiger partial charge in [-0.05, 0) is 37.5 Å². The molecular formula is C17H38NO3S+. The Balaban J connectivity index is 3.74. The molecule has 4 nitrogen and oxygen atoms in total. The summed E-state index contributed by atoms with van der Waals surface area (Å²) >= 11 is 0. The summed E-state index contributed by atoms with van der Waals surface area (Å²) in [6, 6.07) is 0. The predicted octanol–water partition coefficient (Wildman–Crippen LogP) is 3.97. The van der Waals surface area contributed by atoms with Gasteiger partial charge in [-0.3, -0.25) is 4.55 Å². The van der Waals surface area contributed by atoms with E-state index in [1.807, 2.05) is 0 Å². The Morgan fingerprint density at radius 1 is 0.864 bits per heavy atom. The number of nitrogens with zero attached hydrogens (tertiary/aromatic N) is 1. The molecule has 0 amide bonds. The Morgan fingerprint density at radius 2 is 1.41 bits per heavy atom. The van der Waals surface area contributed by atoms with E-state index in [-0.39, 0.29) is 5.75 Å². The summed E-state index contributed by atoms with van der Waals surface area (Å²) in [6.45, 7) is 9.03. The molecule has 0 spiro atoms. The fraction of sp³-hybridized carbons (Fsp3) is 1.00. The number of hydrogen-bond donors (Lipinski definition) is 1. The Hall–Kier alpha value is -0.130. The number of quaternary nitrogens is 1. The molecule has 134 valence electrons. The fourth-order valence-corrected chi connectivity index (χ4v) is 3.39. The molecule has 0 aliphatic rings. The van der Waals surface area contributed by atoms with Gasteiger partial charge in [0, 0.05) is 0 Å². The SMILES string of the molecule is CC(C)CCCC(C)CCC[N+](C)(C)CCCCS(=O)(=O)O. The van der Waals surface area contributed by atoms with Crippen LogP contribution in [0.5, 0.6) is 0 Å². The van der Waals surface area contributed by atoms with Crippen LogP contribution in [0.25, 0.3) is 0 Å². The lowest BCUT2D eigenvalue weighted by Gasteiger charge is -2.30. The second-order valence-corrected chi connectivity index (χ2v) is 9.52. The highest BCUT2D eigenvalue weighted by Gasteiger charge is 2.15. The molecule has 22 heavy (non-hydrogen) atoms. The molecule has 0 saturated heterocycles. The maximum atomic E-state index is 10.7. The molecule has 0 aromatic rings. The van der Waals surface area contributed by atoms with Crippen molar-refractivity contribution < 1.29 is 17.5 Å². The van der Waals surface area contributed by atoms with Crippen LogP contribution in [0.15, 0.2) is 0 Å². The van der Waals surface area contributed by atoms with Gasteiger partial charge < -0.3 is 4.48 Å². The third-order valence-corrected chi connectivity index (χ3v) is 5.16. The molecule has 0 bridgehead atoms. The molecule has 0 aliphatic carbocycles. The van der Waals surface area contributed by atoms with E-state index in [2.05, 4.69) is 34.9 Å². The monoisotopic (exact) mass is 336 g/mol. The molecule has 0 fully saturated rings. The molecule has 0 saturated carbocycles. The van der Waals surface area contributed by atoms with Crippen LogP contribution < -0.4 is 0 Å². The maximum absolute atomic E-state index is 10.7. The quantitative estimate of drug-likeness (QED) is 0.314. The van der Waals surface area contributed by atoms with Gasteiger partial charge in [0.15, 0.2) is 0 Å². The lowest BCUT2D eigenvalue weighted by molar-refractivity contribution is -0.890. The third kappa shape index (κ3) is 14.8. The molecule has 1 unspecified atom stereocenters. The smallest absolute Gasteiger partial charge is 0.264 e. The number of unbranched alkanes of at least 4 members (excludes halogenated alkanes) is 1. The molecule has 1 atom stereocenters. The third-order valence-electron chi connectivity index (χ3n) is 4.35. The minimum absolute atomic E-state index is 0.111. The van der Waals surface area contributed by atoms with E-state index < -0.39 is 10.1 Å². The van der Waals surface area contributed by atoms with Crippen molar-refractivity contribution in [3.63, 3.8) is 0 Å². The van der Waals surface area contributed by atoms with Crippen molar-refractivity contribution in [2.24, 2.45) is 11.8 Å². The first-order valence-electron chi connectivity index (χ1n) is 8.79. The molecule has 0 aliphatic heterocycles. The first-order chi connectivity index (χ1) is 10.0.